The van der Waals surface area contributed by atoms with Crippen molar-refractivity contribution in [3.05, 3.63) is 76.9 Å². The van der Waals surface area contributed by atoms with E-state index in [0.717, 1.165) is 35.1 Å². The van der Waals surface area contributed by atoms with Crippen LogP contribution in [0.1, 0.15) is 57.9 Å². The molecule has 0 unspecified atom stereocenters. The number of aromatic hydroxyl groups is 1. The summed E-state index contributed by atoms with van der Waals surface area (Å²) in [6.07, 6.45) is 5.07. The van der Waals surface area contributed by atoms with Gasteiger partial charge in [0.2, 0.25) is 11.8 Å². The lowest BCUT2D eigenvalue weighted by atomic mass is 9.67. The van der Waals surface area contributed by atoms with Gasteiger partial charge in [0.15, 0.2) is 0 Å². The van der Waals surface area contributed by atoms with E-state index in [-0.39, 0.29) is 24.2 Å². The van der Waals surface area contributed by atoms with Crippen LogP contribution in [0.2, 0.25) is 0 Å². The van der Waals surface area contributed by atoms with Gasteiger partial charge in [0.1, 0.15) is 5.75 Å². The average molecular weight is 504 g/mol. The molecule has 2 aromatic carbocycles. The number of aliphatic hydroxyl groups is 2. The van der Waals surface area contributed by atoms with Crippen LogP contribution in [0.5, 0.6) is 5.75 Å². The van der Waals surface area contributed by atoms with Crippen molar-refractivity contribution in [2.75, 3.05) is 11.5 Å². The number of hydrogen-bond acceptors (Lipinski definition) is 5. The number of rotatable bonds is 10. The summed E-state index contributed by atoms with van der Waals surface area (Å²) in [5.41, 5.74) is 4.10. The van der Waals surface area contributed by atoms with Crippen molar-refractivity contribution in [2.24, 2.45) is 17.8 Å². The molecule has 0 aromatic heterocycles. The first-order chi connectivity index (χ1) is 17.9. The highest BCUT2D eigenvalue weighted by Crippen LogP contribution is 2.48. The number of nitrogens with zero attached hydrogens (tertiary/aromatic N) is 1. The summed E-state index contributed by atoms with van der Waals surface area (Å²) >= 11 is 0. The van der Waals surface area contributed by atoms with Crippen molar-refractivity contribution in [1.29, 1.82) is 0 Å². The van der Waals surface area contributed by atoms with Crippen LogP contribution in [0.15, 0.2) is 71.3 Å². The Balaban J connectivity index is 1.58. The van der Waals surface area contributed by atoms with Crippen molar-refractivity contribution in [1.82, 2.24) is 0 Å². The van der Waals surface area contributed by atoms with E-state index in [4.69, 9.17) is 0 Å². The highest BCUT2D eigenvalue weighted by atomic mass is 16.3. The lowest BCUT2D eigenvalue weighted by Gasteiger charge is -2.36. The molecule has 1 aliphatic carbocycles. The highest BCUT2D eigenvalue weighted by Gasteiger charge is 2.55. The fraction of sp³-hybridized carbons (Fsp3) is 0.419. The molecule has 0 saturated carbocycles. The van der Waals surface area contributed by atoms with E-state index in [1.165, 1.54) is 4.90 Å². The fourth-order valence-corrected chi connectivity index (χ4v) is 6.03. The molecule has 0 bridgehead atoms. The fourth-order valence-electron chi connectivity index (χ4n) is 6.03. The predicted molar refractivity (Wildman–Crippen MR) is 145 cm³/mol. The number of hydrogen-bond donors (Lipinski definition) is 3. The topological polar surface area (TPSA) is 98.1 Å². The molecular weight excluding hydrogens is 466 g/mol. The number of carbonyl (C=O) groups excluding carboxylic acids is 2. The van der Waals surface area contributed by atoms with Crippen molar-refractivity contribution >= 4 is 23.6 Å². The van der Waals surface area contributed by atoms with E-state index in [0.29, 0.717) is 31.4 Å². The standard InChI is InChI=1S/C31H37NO5/c1-3-10-20(17-22-11-8-9-14-26(22)34)15-16-27(35)28-21(4-2)18-24-29(25(28)19-33)31(37)32(30(24)36)23-12-6-5-7-13-23/h5-9,11-14,17,24-25,27,29,33-35H,3-4,10,15-16,18-19H2,1-2H3/b20-17+/t24-,25+,27-,29-/m1/s1. The Kier molecular flexibility index (Phi) is 8.62. The van der Waals surface area contributed by atoms with Crippen LogP contribution >= 0.6 is 0 Å². The number of benzene rings is 2. The van der Waals surface area contributed by atoms with E-state index in [9.17, 15) is 24.9 Å². The Bertz CT molecular complexity index is 1190. The minimum absolute atomic E-state index is 0.221. The van der Waals surface area contributed by atoms with Crippen LogP contribution < -0.4 is 4.90 Å². The number of amides is 2. The zero-order valence-electron chi connectivity index (χ0n) is 21.6. The first kappa shape index (κ1) is 26.8. The summed E-state index contributed by atoms with van der Waals surface area (Å²) in [5.74, 6) is -2.09. The van der Waals surface area contributed by atoms with Crippen molar-refractivity contribution in [2.45, 2.75) is 58.5 Å². The molecule has 1 heterocycles. The van der Waals surface area contributed by atoms with Crippen LogP contribution in [-0.2, 0) is 9.59 Å². The van der Waals surface area contributed by atoms with Gasteiger partial charge >= 0.3 is 0 Å². The Morgan fingerprint density at radius 1 is 1.03 bits per heavy atom. The average Bonchev–Trinajstić information content (AvgIpc) is 3.16. The monoisotopic (exact) mass is 503 g/mol. The Hall–Kier alpha value is -3.22. The molecule has 2 aromatic rings. The van der Waals surface area contributed by atoms with Crippen LogP contribution in [0.3, 0.4) is 0 Å². The summed E-state index contributed by atoms with van der Waals surface area (Å²) in [5, 5.41) is 32.1. The molecule has 2 amide bonds. The van der Waals surface area contributed by atoms with Gasteiger partial charge in [-0.1, -0.05) is 73.9 Å². The van der Waals surface area contributed by atoms with Gasteiger partial charge in [-0.3, -0.25) is 14.5 Å². The molecule has 1 fully saturated rings. The second kappa shape index (κ2) is 11.9. The third-order valence-electron chi connectivity index (χ3n) is 7.79. The lowest BCUT2D eigenvalue weighted by Crippen LogP contribution is -2.39. The Morgan fingerprint density at radius 2 is 1.73 bits per heavy atom. The first-order valence-electron chi connectivity index (χ1n) is 13.3. The number of allylic oxidation sites excluding steroid dienone is 2. The van der Waals surface area contributed by atoms with Crippen LogP contribution in [0.25, 0.3) is 6.08 Å². The Labute approximate surface area is 218 Å². The molecule has 0 spiro atoms. The first-order valence-corrected chi connectivity index (χ1v) is 13.3. The number of fused-ring (bicyclic) bond motifs is 1. The largest absolute Gasteiger partial charge is 0.507 e. The molecule has 196 valence electrons. The maximum absolute atomic E-state index is 13.5. The van der Waals surface area contributed by atoms with Crippen molar-refractivity contribution in [3.63, 3.8) is 0 Å². The third kappa shape index (κ3) is 5.41. The van der Waals surface area contributed by atoms with Gasteiger partial charge in [0, 0.05) is 11.5 Å². The molecule has 6 nitrogen and oxygen atoms in total. The molecule has 0 radical (unpaired) electrons. The summed E-state index contributed by atoms with van der Waals surface area (Å²) in [6, 6.07) is 16.1. The molecule has 37 heavy (non-hydrogen) atoms. The maximum atomic E-state index is 13.5. The van der Waals surface area contributed by atoms with Gasteiger partial charge in [-0.05, 0) is 55.9 Å². The summed E-state index contributed by atoms with van der Waals surface area (Å²) < 4.78 is 0. The number of imide groups is 1. The molecule has 4 atom stereocenters. The van der Waals surface area contributed by atoms with Crippen molar-refractivity contribution in [3.8, 4) is 5.75 Å². The number of anilines is 1. The van der Waals surface area contributed by atoms with Crippen LogP contribution in [0, 0.1) is 17.8 Å². The molecule has 6 heteroatoms. The summed E-state index contributed by atoms with van der Waals surface area (Å²) in [7, 11) is 0. The third-order valence-corrected chi connectivity index (χ3v) is 7.79. The van der Waals surface area contributed by atoms with Gasteiger partial charge in [-0.15, -0.1) is 0 Å². The SMILES string of the molecule is CCC/C(=C\c1ccccc1O)CC[C@@H](O)C1=C(CC)C[C@H]2C(=O)N(c3ccccc3)C(=O)[C@H]2[C@H]1CO. The number of carbonyl (C=O) groups is 2. The van der Waals surface area contributed by atoms with Gasteiger partial charge in [-0.2, -0.15) is 0 Å². The second-order valence-electron chi connectivity index (χ2n) is 10.1. The van der Waals surface area contributed by atoms with Crippen molar-refractivity contribution < 1.29 is 24.9 Å². The van der Waals surface area contributed by atoms with E-state index in [1.54, 1.807) is 36.4 Å². The number of para-hydroxylation sites is 2. The normalized spacial score (nSPS) is 23.0. The maximum Gasteiger partial charge on any atom is 0.238 e. The molecule has 1 aliphatic heterocycles. The smallest absolute Gasteiger partial charge is 0.238 e. The van der Waals surface area contributed by atoms with E-state index in [2.05, 4.69) is 6.92 Å². The summed E-state index contributed by atoms with van der Waals surface area (Å²) in [4.78, 5) is 28.1. The molecule has 4 rings (SSSR count). The van der Waals surface area contributed by atoms with E-state index >= 15 is 0 Å². The molecule has 1 saturated heterocycles. The Morgan fingerprint density at radius 3 is 2.38 bits per heavy atom. The molecular formula is C31H37NO5. The minimum Gasteiger partial charge on any atom is -0.507 e. The van der Waals surface area contributed by atoms with E-state index in [1.807, 2.05) is 31.2 Å². The predicted octanol–water partition coefficient (Wildman–Crippen LogP) is 5.24. The quantitative estimate of drug-likeness (QED) is 0.304. The minimum atomic E-state index is -0.827. The number of phenolic OH excluding ortho intramolecular Hbond substituents is 1. The van der Waals surface area contributed by atoms with Crippen LogP contribution in [0.4, 0.5) is 5.69 Å². The second-order valence-corrected chi connectivity index (χ2v) is 10.1. The molecule has 3 N–H and O–H groups in total. The highest BCUT2D eigenvalue weighted by molar-refractivity contribution is 6.22. The zero-order chi connectivity index (χ0) is 26.5. The van der Waals surface area contributed by atoms with Gasteiger partial charge in [-0.25, -0.2) is 0 Å². The molecule has 2 aliphatic rings. The van der Waals surface area contributed by atoms with Crippen LogP contribution in [-0.4, -0.2) is 39.8 Å². The van der Waals surface area contributed by atoms with E-state index < -0.39 is 23.9 Å². The summed E-state index contributed by atoms with van der Waals surface area (Å²) in [6.45, 7) is 3.79. The van der Waals surface area contributed by atoms with Gasteiger partial charge in [0.05, 0.1) is 30.2 Å². The lowest BCUT2D eigenvalue weighted by molar-refractivity contribution is -0.123. The van der Waals surface area contributed by atoms with Gasteiger partial charge in [0.25, 0.3) is 0 Å². The van der Waals surface area contributed by atoms with Gasteiger partial charge < -0.3 is 15.3 Å². The number of aliphatic hydroxyl groups excluding tert-OH is 2. The number of phenols is 1. The zero-order valence-corrected chi connectivity index (χ0v) is 21.6.